The second-order valence-electron chi connectivity index (χ2n) is 7.88. The Kier molecular flexibility index (Phi) is 4.79. The van der Waals surface area contributed by atoms with Crippen molar-refractivity contribution in [3.05, 3.63) is 59.1 Å². The van der Waals surface area contributed by atoms with Crippen LogP contribution in [0.2, 0.25) is 5.02 Å². The Morgan fingerprint density at radius 3 is 2.46 bits per heavy atom. The third-order valence-corrected chi connectivity index (χ3v) is 5.98. The predicted molar refractivity (Wildman–Crippen MR) is 112 cm³/mol. The highest BCUT2D eigenvalue weighted by Gasteiger charge is 2.44. The number of anilines is 2. The second-order valence-corrected chi connectivity index (χ2v) is 8.32. The molecule has 0 saturated carbocycles. The van der Waals surface area contributed by atoms with Gasteiger partial charge in [0.25, 0.3) is 0 Å². The molecular formula is C22H24ClN3O2. The van der Waals surface area contributed by atoms with Gasteiger partial charge in [0.2, 0.25) is 11.8 Å². The van der Waals surface area contributed by atoms with E-state index in [0.717, 1.165) is 30.0 Å². The molecule has 5 nitrogen and oxygen atoms in total. The van der Waals surface area contributed by atoms with E-state index in [4.69, 9.17) is 11.6 Å². The van der Waals surface area contributed by atoms with Crippen LogP contribution < -0.4 is 9.80 Å². The van der Waals surface area contributed by atoms with Gasteiger partial charge in [-0.15, -0.1) is 0 Å². The Morgan fingerprint density at radius 1 is 1.04 bits per heavy atom. The number of para-hydroxylation sites is 1. The average molecular weight is 398 g/mol. The molecule has 0 spiro atoms. The summed E-state index contributed by atoms with van der Waals surface area (Å²) in [4.78, 5) is 31.5. The summed E-state index contributed by atoms with van der Waals surface area (Å²) < 4.78 is 0. The Hall–Kier alpha value is -2.53. The molecule has 146 valence electrons. The maximum Gasteiger partial charge on any atom is 0.242 e. The van der Waals surface area contributed by atoms with Crippen LogP contribution >= 0.6 is 11.6 Å². The fourth-order valence-electron chi connectivity index (χ4n) is 4.08. The molecule has 6 heteroatoms. The van der Waals surface area contributed by atoms with Crippen molar-refractivity contribution in [2.75, 3.05) is 42.5 Å². The topological polar surface area (TPSA) is 43.9 Å². The van der Waals surface area contributed by atoms with Gasteiger partial charge in [0.1, 0.15) is 6.54 Å². The molecule has 4 rings (SSSR count). The van der Waals surface area contributed by atoms with Crippen LogP contribution in [0.25, 0.3) is 0 Å². The van der Waals surface area contributed by atoms with Gasteiger partial charge < -0.3 is 14.7 Å². The molecule has 0 unspecified atom stereocenters. The van der Waals surface area contributed by atoms with Crippen LogP contribution in [-0.4, -0.2) is 49.4 Å². The maximum atomic E-state index is 12.9. The molecule has 1 fully saturated rings. The van der Waals surface area contributed by atoms with E-state index in [-0.39, 0.29) is 18.4 Å². The first-order chi connectivity index (χ1) is 13.4. The van der Waals surface area contributed by atoms with Gasteiger partial charge in [-0.3, -0.25) is 9.59 Å². The van der Waals surface area contributed by atoms with Gasteiger partial charge in [-0.1, -0.05) is 35.9 Å². The number of rotatable bonds is 3. The summed E-state index contributed by atoms with van der Waals surface area (Å²) >= 11 is 6.09. The van der Waals surface area contributed by atoms with Crippen molar-refractivity contribution >= 4 is 34.8 Å². The van der Waals surface area contributed by atoms with E-state index < -0.39 is 5.41 Å². The van der Waals surface area contributed by atoms with Crippen molar-refractivity contribution in [3.8, 4) is 0 Å². The zero-order valence-electron chi connectivity index (χ0n) is 16.2. The van der Waals surface area contributed by atoms with E-state index >= 15 is 0 Å². The van der Waals surface area contributed by atoms with Gasteiger partial charge in [0, 0.05) is 42.6 Å². The highest BCUT2D eigenvalue weighted by atomic mass is 35.5. The summed E-state index contributed by atoms with van der Waals surface area (Å²) in [6.45, 7) is 6.71. The lowest BCUT2D eigenvalue weighted by molar-refractivity contribution is -0.132. The summed E-state index contributed by atoms with van der Waals surface area (Å²) in [7, 11) is 0. The van der Waals surface area contributed by atoms with Crippen molar-refractivity contribution in [1.82, 2.24) is 4.90 Å². The van der Waals surface area contributed by atoms with E-state index in [1.807, 2.05) is 67.3 Å². The minimum atomic E-state index is -0.595. The molecule has 0 bridgehead atoms. The summed E-state index contributed by atoms with van der Waals surface area (Å²) in [5, 5.41) is 0.713. The van der Waals surface area contributed by atoms with E-state index in [0.29, 0.717) is 18.1 Å². The van der Waals surface area contributed by atoms with Crippen LogP contribution in [0.4, 0.5) is 11.4 Å². The third kappa shape index (κ3) is 3.24. The lowest BCUT2D eigenvalue weighted by Crippen LogP contribution is -2.52. The number of nitrogens with zero attached hydrogens (tertiary/aromatic N) is 3. The van der Waals surface area contributed by atoms with Gasteiger partial charge in [-0.2, -0.15) is 0 Å². The van der Waals surface area contributed by atoms with Crippen molar-refractivity contribution in [2.45, 2.75) is 19.3 Å². The smallest absolute Gasteiger partial charge is 0.242 e. The third-order valence-electron chi connectivity index (χ3n) is 5.75. The lowest BCUT2D eigenvalue weighted by Gasteiger charge is -2.37. The zero-order chi connectivity index (χ0) is 19.9. The highest BCUT2D eigenvalue weighted by molar-refractivity contribution is 6.30. The molecule has 2 aromatic carbocycles. The molecular weight excluding hydrogens is 374 g/mol. The number of piperazine rings is 1. The van der Waals surface area contributed by atoms with Crippen LogP contribution in [0.15, 0.2) is 48.5 Å². The normalized spacial score (nSPS) is 18.4. The molecule has 2 amide bonds. The fraction of sp³-hybridized carbons (Fsp3) is 0.364. The summed E-state index contributed by atoms with van der Waals surface area (Å²) in [6, 6.07) is 15.5. The van der Waals surface area contributed by atoms with E-state index in [9.17, 15) is 9.59 Å². The number of carbonyl (C=O) groups is 2. The van der Waals surface area contributed by atoms with Crippen molar-refractivity contribution in [3.63, 3.8) is 0 Å². The average Bonchev–Trinajstić information content (AvgIpc) is 2.89. The van der Waals surface area contributed by atoms with Crippen LogP contribution in [0.5, 0.6) is 0 Å². The highest BCUT2D eigenvalue weighted by Crippen LogP contribution is 2.41. The lowest BCUT2D eigenvalue weighted by atomic mass is 9.86. The Morgan fingerprint density at radius 2 is 1.75 bits per heavy atom. The standard InChI is InChI=1S/C22H24ClN3O2/c1-22(2)18-8-3-4-9-19(18)26(21(22)28)15-20(27)25-12-10-24(11-13-25)17-7-5-6-16(23)14-17/h3-9,14H,10-13,15H2,1-2H3. The Labute approximate surface area is 170 Å². The first-order valence-electron chi connectivity index (χ1n) is 9.58. The van der Waals surface area contributed by atoms with Crippen LogP contribution in [-0.2, 0) is 15.0 Å². The van der Waals surface area contributed by atoms with Crippen molar-refractivity contribution < 1.29 is 9.59 Å². The molecule has 2 aliphatic rings. The zero-order valence-corrected chi connectivity index (χ0v) is 16.9. The number of fused-ring (bicyclic) bond motifs is 1. The maximum absolute atomic E-state index is 12.9. The first-order valence-corrected chi connectivity index (χ1v) is 9.95. The Bertz CT molecular complexity index is 920. The molecule has 0 aromatic heterocycles. The fourth-order valence-corrected chi connectivity index (χ4v) is 4.26. The number of halogens is 1. The molecule has 2 aromatic rings. The predicted octanol–water partition coefficient (Wildman–Crippen LogP) is 3.31. The molecule has 0 atom stereocenters. The SMILES string of the molecule is CC1(C)C(=O)N(CC(=O)N2CCN(c3cccc(Cl)c3)CC2)c2ccccc21. The minimum Gasteiger partial charge on any atom is -0.368 e. The van der Waals surface area contributed by atoms with Gasteiger partial charge in [-0.25, -0.2) is 0 Å². The molecule has 0 N–H and O–H groups in total. The van der Waals surface area contributed by atoms with Crippen LogP contribution in [0.3, 0.4) is 0 Å². The van der Waals surface area contributed by atoms with Gasteiger partial charge in [0.15, 0.2) is 0 Å². The summed E-state index contributed by atoms with van der Waals surface area (Å²) in [5.74, 6) is -0.0220. The number of benzene rings is 2. The monoisotopic (exact) mass is 397 g/mol. The van der Waals surface area contributed by atoms with E-state index in [1.165, 1.54) is 0 Å². The molecule has 1 saturated heterocycles. The van der Waals surface area contributed by atoms with Gasteiger partial charge in [0.05, 0.1) is 5.41 Å². The number of amides is 2. The van der Waals surface area contributed by atoms with Crippen molar-refractivity contribution in [2.24, 2.45) is 0 Å². The van der Waals surface area contributed by atoms with Gasteiger partial charge >= 0.3 is 0 Å². The number of hydrogen-bond acceptors (Lipinski definition) is 3. The molecule has 28 heavy (non-hydrogen) atoms. The molecule has 2 heterocycles. The van der Waals surface area contributed by atoms with Crippen molar-refractivity contribution in [1.29, 1.82) is 0 Å². The largest absolute Gasteiger partial charge is 0.368 e. The van der Waals surface area contributed by atoms with Crippen LogP contribution in [0, 0.1) is 0 Å². The van der Waals surface area contributed by atoms with E-state index in [1.54, 1.807) is 4.90 Å². The first kappa shape index (κ1) is 18.8. The Balaban J connectivity index is 1.42. The summed E-state index contributed by atoms with van der Waals surface area (Å²) in [6.07, 6.45) is 0. The number of hydrogen-bond donors (Lipinski definition) is 0. The quantitative estimate of drug-likeness (QED) is 0.798. The summed E-state index contributed by atoms with van der Waals surface area (Å²) in [5.41, 5.74) is 2.31. The second kappa shape index (κ2) is 7.13. The van der Waals surface area contributed by atoms with E-state index in [2.05, 4.69) is 4.90 Å². The number of carbonyl (C=O) groups excluding carboxylic acids is 2. The van der Waals surface area contributed by atoms with Gasteiger partial charge in [-0.05, 0) is 43.7 Å². The van der Waals surface area contributed by atoms with Crippen LogP contribution in [0.1, 0.15) is 19.4 Å². The molecule has 0 radical (unpaired) electrons. The molecule has 0 aliphatic carbocycles. The minimum absolute atomic E-state index is 0.00778. The molecule has 2 aliphatic heterocycles.